The molecule has 1 fully saturated rings. The zero-order valence-corrected chi connectivity index (χ0v) is 18.6. The number of hydrogen-bond acceptors (Lipinski definition) is 8. The highest BCUT2D eigenvalue weighted by Crippen LogP contribution is 2.41. The number of pyridine rings is 1. The van der Waals surface area contributed by atoms with Gasteiger partial charge in [0.1, 0.15) is 6.10 Å². The Morgan fingerprint density at radius 2 is 2.00 bits per heavy atom. The van der Waals surface area contributed by atoms with E-state index in [9.17, 15) is 0 Å². The van der Waals surface area contributed by atoms with Crippen molar-refractivity contribution in [2.24, 2.45) is 0 Å². The Morgan fingerprint density at radius 1 is 1.19 bits per heavy atom. The number of halogens is 1. The molecule has 0 spiro atoms. The summed E-state index contributed by atoms with van der Waals surface area (Å²) in [5, 5.41) is 13.9. The fraction of sp³-hybridized carbons (Fsp3) is 0.350. The molecule has 11 heteroatoms. The van der Waals surface area contributed by atoms with Crippen molar-refractivity contribution < 1.29 is 4.74 Å². The van der Waals surface area contributed by atoms with Crippen molar-refractivity contribution in [1.29, 1.82) is 0 Å². The van der Waals surface area contributed by atoms with Crippen LogP contribution in [0, 0.1) is 0 Å². The number of nitrogens with one attached hydrogen (secondary N) is 1. The molecule has 0 aliphatic heterocycles. The van der Waals surface area contributed by atoms with E-state index in [1.165, 1.54) is 11.9 Å². The van der Waals surface area contributed by atoms with Gasteiger partial charge >= 0.3 is 0 Å². The minimum absolute atomic E-state index is 0.0101. The lowest BCUT2D eigenvalue weighted by Crippen LogP contribution is -2.19. The zero-order chi connectivity index (χ0) is 21.4. The van der Waals surface area contributed by atoms with E-state index in [1.807, 2.05) is 42.0 Å². The Bertz CT molecular complexity index is 1190. The molecule has 4 aromatic rings. The van der Waals surface area contributed by atoms with Crippen molar-refractivity contribution in [3.8, 4) is 11.4 Å². The average molecular weight is 457 g/mol. The fourth-order valence-electron chi connectivity index (χ4n) is 3.51. The summed E-state index contributed by atoms with van der Waals surface area (Å²) in [6.45, 7) is 2.05. The van der Waals surface area contributed by atoms with Gasteiger partial charge in [-0.1, -0.05) is 17.7 Å². The van der Waals surface area contributed by atoms with E-state index < -0.39 is 0 Å². The Balaban J connectivity index is 1.38. The topological polar surface area (TPSA) is 95.1 Å². The summed E-state index contributed by atoms with van der Waals surface area (Å²) in [5.74, 6) is 2.13. The normalized spacial score (nSPS) is 15.8. The number of nitrogens with zero attached hydrogens (tertiary/aromatic N) is 7. The molecule has 0 radical (unpaired) electrons. The van der Waals surface area contributed by atoms with Crippen LogP contribution in [0.25, 0.3) is 16.9 Å². The SMILES string of the molecule is COC(c1ncc(Cl)cn1)C(C)SNc1nnc(-c2cnn3ccccc23)n1C1CC1. The molecule has 4 aromatic heterocycles. The van der Waals surface area contributed by atoms with Gasteiger partial charge in [0.2, 0.25) is 5.95 Å². The third-order valence-electron chi connectivity index (χ3n) is 5.19. The van der Waals surface area contributed by atoms with Gasteiger partial charge in [0.25, 0.3) is 0 Å². The van der Waals surface area contributed by atoms with Crippen LogP contribution in [0.2, 0.25) is 5.02 Å². The number of ether oxygens (including phenoxy) is 1. The number of methoxy groups -OCH3 is 1. The molecule has 2 atom stereocenters. The highest BCUT2D eigenvalue weighted by atomic mass is 35.5. The lowest BCUT2D eigenvalue weighted by Gasteiger charge is -2.21. The molecule has 0 amide bonds. The second-order valence-electron chi connectivity index (χ2n) is 7.38. The molecule has 1 aliphatic rings. The quantitative estimate of drug-likeness (QED) is 0.394. The van der Waals surface area contributed by atoms with Crippen molar-refractivity contribution >= 4 is 35.0 Å². The van der Waals surface area contributed by atoms with E-state index in [0.29, 0.717) is 16.9 Å². The van der Waals surface area contributed by atoms with E-state index >= 15 is 0 Å². The maximum absolute atomic E-state index is 5.91. The largest absolute Gasteiger partial charge is 0.372 e. The number of aromatic nitrogens is 7. The van der Waals surface area contributed by atoms with E-state index in [1.54, 1.807) is 19.5 Å². The maximum atomic E-state index is 5.91. The van der Waals surface area contributed by atoms with Crippen LogP contribution in [0.4, 0.5) is 5.95 Å². The van der Waals surface area contributed by atoms with Crippen LogP contribution < -0.4 is 4.72 Å². The first-order valence-electron chi connectivity index (χ1n) is 9.95. The summed E-state index contributed by atoms with van der Waals surface area (Å²) in [7, 11) is 1.65. The Hall–Kier alpha value is -2.69. The number of anilines is 1. The van der Waals surface area contributed by atoms with Gasteiger partial charge in [0, 0.05) is 31.7 Å². The molecule has 0 bridgehead atoms. The van der Waals surface area contributed by atoms with E-state index in [4.69, 9.17) is 16.3 Å². The Kier molecular flexibility index (Phi) is 5.51. The van der Waals surface area contributed by atoms with Gasteiger partial charge in [-0.25, -0.2) is 14.5 Å². The third kappa shape index (κ3) is 3.98. The molecule has 160 valence electrons. The molecule has 4 heterocycles. The predicted octanol–water partition coefficient (Wildman–Crippen LogP) is 4.21. The molecule has 1 aliphatic carbocycles. The predicted molar refractivity (Wildman–Crippen MR) is 120 cm³/mol. The molecule has 0 aromatic carbocycles. The lowest BCUT2D eigenvalue weighted by molar-refractivity contribution is 0.0972. The van der Waals surface area contributed by atoms with Crippen LogP contribution >= 0.6 is 23.5 Å². The molecule has 31 heavy (non-hydrogen) atoms. The Morgan fingerprint density at radius 3 is 2.74 bits per heavy atom. The van der Waals surface area contributed by atoms with Crippen molar-refractivity contribution in [3.63, 3.8) is 0 Å². The summed E-state index contributed by atoms with van der Waals surface area (Å²) < 4.78 is 13.0. The third-order valence-corrected chi connectivity index (χ3v) is 6.30. The van der Waals surface area contributed by atoms with Gasteiger partial charge in [0.15, 0.2) is 11.6 Å². The van der Waals surface area contributed by atoms with Crippen LogP contribution in [0.3, 0.4) is 0 Å². The summed E-state index contributed by atoms with van der Waals surface area (Å²) >= 11 is 7.41. The first-order chi connectivity index (χ1) is 15.2. The minimum Gasteiger partial charge on any atom is -0.372 e. The van der Waals surface area contributed by atoms with Gasteiger partial charge in [-0.15, -0.1) is 10.2 Å². The molecule has 1 saturated carbocycles. The van der Waals surface area contributed by atoms with Crippen LogP contribution in [-0.2, 0) is 4.74 Å². The monoisotopic (exact) mass is 456 g/mol. The Labute approximate surface area is 188 Å². The average Bonchev–Trinajstić information content (AvgIpc) is 3.40. The maximum Gasteiger partial charge on any atom is 0.235 e. The molecule has 2 unspecified atom stereocenters. The first-order valence-corrected chi connectivity index (χ1v) is 11.2. The van der Waals surface area contributed by atoms with Crippen LogP contribution in [0.5, 0.6) is 0 Å². The number of hydrogen-bond donors (Lipinski definition) is 1. The molecule has 0 saturated heterocycles. The molecular formula is C20H21ClN8OS. The summed E-state index contributed by atoms with van der Waals surface area (Å²) in [5.41, 5.74) is 1.97. The van der Waals surface area contributed by atoms with Gasteiger partial charge in [0.05, 0.1) is 27.5 Å². The molecule has 1 N–H and O–H groups in total. The summed E-state index contributed by atoms with van der Waals surface area (Å²) in [4.78, 5) is 8.59. The molecular weight excluding hydrogens is 436 g/mol. The van der Waals surface area contributed by atoms with Crippen LogP contribution in [0.1, 0.15) is 37.7 Å². The minimum atomic E-state index is -0.300. The summed E-state index contributed by atoms with van der Waals surface area (Å²) in [6, 6.07) is 6.38. The highest BCUT2D eigenvalue weighted by molar-refractivity contribution is 8.01. The lowest BCUT2D eigenvalue weighted by atomic mass is 10.2. The van der Waals surface area contributed by atoms with E-state index in [0.717, 1.165) is 35.7 Å². The van der Waals surface area contributed by atoms with Crippen molar-refractivity contribution in [2.75, 3.05) is 11.8 Å². The van der Waals surface area contributed by atoms with Gasteiger partial charge in [-0.2, -0.15) is 5.10 Å². The first kappa shape index (κ1) is 20.2. The van der Waals surface area contributed by atoms with E-state index in [2.05, 4.69) is 34.6 Å². The summed E-state index contributed by atoms with van der Waals surface area (Å²) in [6.07, 6.45) is 8.84. The smallest absolute Gasteiger partial charge is 0.235 e. The van der Waals surface area contributed by atoms with Gasteiger partial charge in [-0.3, -0.25) is 9.29 Å². The van der Waals surface area contributed by atoms with E-state index in [-0.39, 0.29) is 11.4 Å². The van der Waals surface area contributed by atoms with Crippen molar-refractivity contribution in [3.05, 3.63) is 53.8 Å². The molecule has 5 rings (SSSR count). The van der Waals surface area contributed by atoms with Crippen molar-refractivity contribution in [2.45, 2.75) is 37.2 Å². The molecule has 9 nitrogen and oxygen atoms in total. The van der Waals surface area contributed by atoms with Crippen molar-refractivity contribution in [1.82, 2.24) is 34.3 Å². The van der Waals surface area contributed by atoms with Gasteiger partial charge in [-0.05, 0) is 43.8 Å². The standard InChI is InChI=1S/C20H21ClN8OS/c1-12(17(30-2)18-22-9-13(21)10-23-18)31-27-20-26-25-19(29(20)14-6-7-14)15-11-24-28-8-4-3-5-16(15)28/h3-5,8-12,14,17H,6-7H2,1-2H3,(H,26,27). The van der Waals surface area contributed by atoms with Crippen LogP contribution in [-0.4, -0.2) is 46.7 Å². The fourth-order valence-corrected chi connectivity index (χ4v) is 4.40. The number of fused-ring (bicyclic) bond motifs is 1. The number of rotatable bonds is 8. The second-order valence-corrected chi connectivity index (χ2v) is 9.00. The highest BCUT2D eigenvalue weighted by Gasteiger charge is 2.32. The zero-order valence-electron chi connectivity index (χ0n) is 17.0. The van der Waals surface area contributed by atoms with Crippen LogP contribution in [0.15, 0.2) is 43.0 Å². The second kappa shape index (κ2) is 8.45. The van der Waals surface area contributed by atoms with Gasteiger partial charge < -0.3 is 4.74 Å².